The maximum atomic E-state index is 10.1. The third kappa shape index (κ3) is 5.80. The van der Waals surface area contributed by atoms with Crippen molar-refractivity contribution in [3.8, 4) is 0 Å². The fourth-order valence-corrected chi connectivity index (χ4v) is 2.75. The van der Waals surface area contributed by atoms with E-state index in [1.807, 2.05) is 6.92 Å². The summed E-state index contributed by atoms with van der Waals surface area (Å²) in [6.45, 7) is 14.4. The van der Waals surface area contributed by atoms with Crippen molar-refractivity contribution < 1.29 is 9.84 Å². The van der Waals surface area contributed by atoms with Crippen LogP contribution >= 0.6 is 0 Å². The molecule has 116 valence electrons. The lowest BCUT2D eigenvalue weighted by atomic mass is 9.93. The Morgan fingerprint density at radius 1 is 1.45 bits per heavy atom. The fourth-order valence-electron chi connectivity index (χ4n) is 2.75. The van der Waals surface area contributed by atoms with Crippen LogP contribution in [-0.4, -0.2) is 23.4 Å². The van der Waals surface area contributed by atoms with E-state index < -0.39 is 0 Å². The minimum Gasteiger partial charge on any atom is -0.393 e. The Bertz CT molecular complexity index is 321. The smallest absolute Gasteiger partial charge is 0.0788 e. The molecular formula is C18H32O2. The van der Waals surface area contributed by atoms with Gasteiger partial charge in [-0.15, -0.1) is 0 Å². The van der Waals surface area contributed by atoms with Crippen molar-refractivity contribution in [3.63, 3.8) is 0 Å². The zero-order valence-corrected chi connectivity index (χ0v) is 13.5. The number of hydrogen-bond donors (Lipinski definition) is 1. The maximum absolute atomic E-state index is 10.1. The zero-order chi connectivity index (χ0) is 15.1. The van der Waals surface area contributed by atoms with E-state index in [-0.39, 0.29) is 12.2 Å². The van der Waals surface area contributed by atoms with Gasteiger partial charge in [0, 0.05) is 0 Å². The number of rotatable bonds is 9. The van der Waals surface area contributed by atoms with Gasteiger partial charge in [-0.1, -0.05) is 45.4 Å². The Hall–Kier alpha value is -0.600. The van der Waals surface area contributed by atoms with E-state index in [2.05, 4.69) is 27.0 Å². The normalized spacial score (nSPS) is 25.7. The molecule has 2 heteroatoms. The van der Waals surface area contributed by atoms with Gasteiger partial charge >= 0.3 is 0 Å². The van der Waals surface area contributed by atoms with Crippen LogP contribution in [0.25, 0.3) is 0 Å². The average molecular weight is 280 g/mol. The summed E-state index contributed by atoms with van der Waals surface area (Å²) in [5.74, 6) is 0.384. The molecule has 1 saturated heterocycles. The van der Waals surface area contributed by atoms with Crippen LogP contribution in [-0.2, 0) is 4.74 Å². The number of unbranched alkanes of at least 4 members (excludes halogenated alkanes) is 1. The molecule has 20 heavy (non-hydrogen) atoms. The number of allylic oxidation sites excluding steroid dienone is 1. The van der Waals surface area contributed by atoms with Crippen molar-refractivity contribution in [1.82, 2.24) is 0 Å². The first-order valence-corrected chi connectivity index (χ1v) is 8.10. The Balaban J connectivity index is 2.27. The van der Waals surface area contributed by atoms with Crippen LogP contribution in [0.15, 0.2) is 24.3 Å². The van der Waals surface area contributed by atoms with Crippen molar-refractivity contribution in [2.75, 3.05) is 0 Å². The van der Waals surface area contributed by atoms with E-state index in [1.54, 1.807) is 0 Å². The van der Waals surface area contributed by atoms with Crippen LogP contribution in [0, 0.1) is 5.92 Å². The summed E-state index contributed by atoms with van der Waals surface area (Å²) in [5, 5.41) is 10.1. The fraction of sp³-hybridized carbons (Fsp3) is 0.778. The van der Waals surface area contributed by atoms with Gasteiger partial charge in [-0.25, -0.2) is 0 Å². The van der Waals surface area contributed by atoms with Crippen LogP contribution in [0.1, 0.15) is 65.7 Å². The highest BCUT2D eigenvalue weighted by molar-refractivity contribution is 5.09. The van der Waals surface area contributed by atoms with E-state index in [0.29, 0.717) is 12.0 Å². The third-order valence-electron chi connectivity index (χ3n) is 4.41. The molecule has 4 atom stereocenters. The first-order valence-electron chi connectivity index (χ1n) is 8.10. The lowest BCUT2D eigenvalue weighted by Crippen LogP contribution is -2.17. The van der Waals surface area contributed by atoms with E-state index in [4.69, 9.17) is 4.74 Å². The van der Waals surface area contributed by atoms with Crippen LogP contribution < -0.4 is 0 Å². The van der Waals surface area contributed by atoms with Gasteiger partial charge in [-0.3, -0.25) is 0 Å². The molecule has 0 aromatic carbocycles. The van der Waals surface area contributed by atoms with Gasteiger partial charge in [0.25, 0.3) is 0 Å². The highest BCUT2D eigenvalue weighted by Crippen LogP contribution is 2.31. The van der Waals surface area contributed by atoms with Crippen LogP contribution in [0.2, 0.25) is 0 Å². The standard InChI is InChI=1S/C18H32O2/c1-6-7-8-17-12-15(5)18(20-17)10-9-16(19)11-14(4)13(2)3/h14,16-19H,2,5-12H2,1,3-4H3/t14-,16-,17+,18+/m1/s1. The average Bonchev–Trinajstić information content (AvgIpc) is 2.74. The molecule has 1 aliphatic heterocycles. The minimum absolute atomic E-state index is 0.159. The highest BCUT2D eigenvalue weighted by atomic mass is 16.5. The largest absolute Gasteiger partial charge is 0.393 e. The molecule has 1 aliphatic rings. The van der Waals surface area contributed by atoms with E-state index in [9.17, 15) is 5.11 Å². The van der Waals surface area contributed by atoms with Gasteiger partial charge in [0.05, 0.1) is 18.3 Å². The van der Waals surface area contributed by atoms with E-state index in [0.717, 1.165) is 37.7 Å². The highest BCUT2D eigenvalue weighted by Gasteiger charge is 2.28. The summed E-state index contributed by atoms with van der Waals surface area (Å²) in [5.41, 5.74) is 2.36. The lowest BCUT2D eigenvalue weighted by molar-refractivity contribution is 0.0312. The molecule has 0 amide bonds. The van der Waals surface area contributed by atoms with E-state index in [1.165, 1.54) is 18.4 Å². The second-order valence-corrected chi connectivity index (χ2v) is 6.47. The van der Waals surface area contributed by atoms with Gasteiger partial charge in [0.1, 0.15) is 0 Å². The van der Waals surface area contributed by atoms with E-state index >= 15 is 0 Å². The molecule has 1 fully saturated rings. The summed E-state index contributed by atoms with van der Waals surface area (Å²) in [6, 6.07) is 0. The minimum atomic E-state index is -0.257. The third-order valence-corrected chi connectivity index (χ3v) is 4.41. The SMILES string of the molecule is C=C(C)[C@H](C)C[C@H](O)CC[C@@H]1O[C@@H](CCCC)CC1=C. The lowest BCUT2D eigenvalue weighted by Gasteiger charge is -2.19. The van der Waals surface area contributed by atoms with Gasteiger partial charge in [-0.2, -0.15) is 0 Å². The summed E-state index contributed by atoms with van der Waals surface area (Å²) in [7, 11) is 0. The second-order valence-electron chi connectivity index (χ2n) is 6.47. The molecule has 0 aromatic rings. The quantitative estimate of drug-likeness (QED) is 0.624. The molecule has 1 heterocycles. The summed E-state index contributed by atoms with van der Waals surface area (Å²) < 4.78 is 6.05. The number of aliphatic hydroxyl groups excluding tert-OH is 1. The summed E-state index contributed by atoms with van der Waals surface area (Å²) in [4.78, 5) is 0. The predicted molar refractivity (Wildman–Crippen MR) is 85.8 cm³/mol. The van der Waals surface area contributed by atoms with Crippen LogP contribution in [0.3, 0.4) is 0 Å². The van der Waals surface area contributed by atoms with Gasteiger partial charge in [-0.05, 0) is 50.5 Å². The molecule has 1 rings (SSSR count). The van der Waals surface area contributed by atoms with Crippen molar-refractivity contribution >= 4 is 0 Å². The molecule has 0 aliphatic carbocycles. The number of ether oxygens (including phenoxy) is 1. The molecule has 0 unspecified atom stereocenters. The molecule has 0 spiro atoms. The van der Waals surface area contributed by atoms with Crippen molar-refractivity contribution in [3.05, 3.63) is 24.3 Å². The molecule has 2 nitrogen and oxygen atoms in total. The molecule has 0 bridgehead atoms. The number of aliphatic hydroxyl groups is 1. The summed E-state index contributed by atoms with van der Waals surface area (Å²) >= 11 is 0. The Labute approximate surface area is 124 Å². The molecular weight excluding hydrogens is 248 g/mol. The van der Waals surface area contributed by atoms with Crippen molar-refractivity contribution in [2.24, 2.45) is 5.92 Å². The maximum Gasteiger partial charge on any atom is 0.0788 e. The number of hydrogen-bond acceptors (Lipinski definition) is 2. The van der Waals surface area contributed by atoms with Gasteiger partial charge in [0.15, 0.2) is 0 Å². The molecule has 0 aromatic heterocycles. The Morgan fingerprint density at radius 3 is 2.75 bits per heavy atom. The first-order chi connectivity index (χ1) is 9.43. The van der Waals surface area contributed by atoms with Gasteiger partial charge < -0.3 is 9.84 Å². The second kappa shape index (κ2) is 8.63. The summed E-state index contributed by atoms with van der Waals surface area (Å²) in [6.07, 6.45) is 7.34. The zero-order valence-electron chi connectivity index (χ0n) is 13.5. The van der Waals surface area contributed by atoms with Crippen molar-refractivity contribution in [2.45, 2.75) is 84.0 Å². The topological polar surface area (TPSA) is 29.5 Å². The molecule has 0 saturated carbocycles. The van der Waals surface area contributed by atoms with Crippen molar-refractivity contribution in [1.29, 1.82) is 0 Å². The molecule has 1 N–H and O–H groups in total. The monoisotopic (exact) mass is 280 g/mol. The predicted octanol–water partition coefficient (Wildman–Crippen LogP) is 4.63. The first kappa shape index (κ1) is 17.5. The Morgan fingerprint density at radius 2 is 2.15 bits per heavy atom. The van der Waals surface area contributed by atoms with Crippen LogP contribution in [0.5, 0.6) is 0 Å². The van der Waals surface area contributed by atoms with Gasteiger partial charge in [0.2, 0.25) is 0 Å². The Kier molecular flexibility index (Phi) is 7.53. The van der Waals surface area contributed by atoms with Crippen LogP contribution in [0.4, 0.5) is 0 Å². The molecule has 0 radical (unpaired) electrons.